The minimum atomic E-state index is -1.05. The highest BCUT2D eigenvalue weighted by atomic mass is 32.1. The maximum Gasteiger partial charge on any atom is 0.355 e. The fraction of sp³-hybridized carbons (Fsp3) is 0. The highest BCUT2D eigenvalue weighted by Crippen LogP contribution is 2.25. The van der Waals surface area contributed by atoms with Crippen LogP contribution in [0.25, 0.3) is 10.6 Å². The normalized spacial score (nSPS) is 10.3. The van der Waals surface area contributed by atoms with Crippen LogP contribution in [0.3, 0.4) is 0 Å². The van der Waals surface area contributed by atoms with E-state index in [1.54, 1.807) is 48.8 Å². The number of anilines is 1. The van der Waals surface area contributed by atoms with Crippen molar-refractivity contribution in [1.29, 1.82) is 0 Å². The summed E-state index contributed by atoms with van der Waals surface area (Å²) in [7, 11) is 0. The number of rotatable bonds is 4. The molecule has 2 aromatic heterocycles. The number of nitrogens with one attached hydrogen (secondary N) is 1. The quantitative estimate of drug-likeness (QED) is 0.768. The number of carboxylic acids is 1. The third-order valence-electron chi connectivity index (χ3n) is 3.06. The number of pyridine rings is 1. The van der Waals surface area contributed by atoms with Crippen molar-refractivity contribution in [2.75, 3.05) is 5.32 Å². The largest absolute Gasteiger partial charge is 0.476 e. The van der Waals surface area contributed by atoms with Crippen LogP contribution in [0, 0.1) is 0 Å². The fourth-order valence-corrected chi connectivity index (χ4v) is 2.71. The van der Waals surface area contributed by atoms with Crippen molar-refractivity contribution in [1.82, 2.24) is 9.97 Å². The molecule has 0 saturated heterocycles. The van der Waals surface area contributed by atoms with Crippen molar-refractivity contribution < 1.29 is 14.7 Å². The van der Waals surface area contributed by atoms with E-state index in [1.807, 2.05) is 0 Å². The summed E-state index contributed by atoms with van der Waals surface area (Å²) in [4.78, 5) is 30.8. The van der Waals surface area contributed by atoms with Gasteiger partial charge in [0.25, 0.3) is 5.91 Å². The third-order valence-corrected chi connectivity index (χ3v) is 3.95. The van der Waals surface area contributed by atoms with E-state index in [2.05, 4.69) is 15.3 Å². The second kappa shape index (κ2) is 6.37. The van der Waals surface area contributed by atoms with Crippen molar-refractivity contribution in [2.24, 2.45) is 0 Å². The van der Waals surface area contributed by atoms with Crippen LogP contribution >= 0.6 is 11.3 Å². The average molecular weight is 325 g/mol. The van der Waals surface area contributed by atoms with Gasteiger partial charge in [-0.05, 0) is 36.4 Å². The molecule has 2 heterocycles. The molecule has 0 fully saturated rings. The zero-order valence-electron chi connectivity index (χ0n) is 11.8. The van der Waals surface area contributed by atoms with Gasteiger partial charge in [0.2, 0.25) is 0 Å². The molecule has 114 valence electrons. The maximum absolute atomic E-state index is 12.0. The monoisotopic (exact) mass is 325 g/mol. The number of thiazole rings is 1. The summed E-state index contributed by atoms with van der Waals surface area (Å²) in [5.74, 6) is -1.27. The molecule has 0 aliphatic carbocycles. The number of aromatic carboxylic acids is 1. The number of aromatic nitrogens is 2. The smallest absolute Gasteiger partial charge is 0.355 e. The number of hydrogen-bond donors (Lipinski definition) is 2. The van der Waals surface area contributed by atoms with E-state index in [0.717, 1.165) is 5.56 Å². The van der Waals surface area contributed by atoms with Gasteiger partial charge in [-0.15, -0.1) is 11.3 Å². The van der Waals surface area contributed by atoms with Crippen LogP contribution in [-0.4, -0.2) is 27.0 Å². The fourth-order valence-electron chi connectivity index (χ4n) is 1.91. The molecule has 3 rings (SSSR count). The summed E-state index contributed by atoms with van der Waals surface area (Å²) >= 11 is 1.26. The predicted octanol–water partition coefficient (Wildman–Crippen LogP) is 3.16. The lowest BCUT2D eigenvalue weighted by Gasteiger charge is -2.05. The first kappa shape index (κ1) is 14.9. The number of nitrogens with zero attached hydrogens (tertiary/aromatic N) is 2. The molecular weight excluding hydrogens is 314 g/mol. The van der Waals surface area contributed by atoms with Gasteiger partial charge < -0.3 is 10.4 Å². The summed E-state index contributed by atoms with van der Waals surface area (Å²) in [6, 6.07) is 10.3. The number of carbonyl (C=O) groups excluding carboxylic acids is 1. The van der Waals surface area contributed by atoms with E-state index in [0.29, 0.717) is 16.3 Å². The van der Waals surface area contributed by atoms with Gasteiger partial charge in [0, 0.05) is 34.6 Å². The second-order valence-corrected chi connectivity index (χ2v) is 5.47. The Morgan fingerprint density at radius 3 is 2.35 bits per heavy atom. The van der Waals surface area contributed by atoms with Crippen molar-refractivity contribution >= 4 is 28.9 Å². The van der Waals surface area contributed by atoms with Crippen LogP contribution in [0.5, 0.6) is 0 Å². The molecule has 6 nitrogen and oxygen atoms in total. The summed E-state index contributed by atoms with van der Waals surface area (Å²) in [6.45, 7) is 0. The second-order valence-electron chi connectivity index (χ2n) is 4.61. The lowest BCUT2D eigenvalue weighted by molar-refractivity contribution is 0.0691. The minimum absolute atomic E-state index is 0.0278. The number of carboxylic acid groups (broad SMARTS) is 1. The Kier molecular flexibility index (Phi) is 4.11. The molecule has 23 heavy (non-hydrogen) atoms. The van der Waals surface area contributed by atoms with Crippen LogP contribution in [0.15, 0.2) is 54.2 Å². The molecule has 3 aromatic rings. The van der Waals surface area contributed by atoms with Crippen LogP contribution in [0.2, 0.25) is 0 Å². The third kappa shape index (κ3) is 3.41. The van der Waals surface area contributed by atoms with Gasteiger partial charge in [0.15, 0.2) is 5.69 Å². The van der Waals surface area contributed by atoms with E-state index in [1.165, 1.54) is 16.7 Å². The first-order valence-electron chi connectivity index (χ1n) is 6.64. The van der Waals surface area contributed by atoms with Crippen LogP contribution in [0.1, 0.15) is 20.8 Å². The van der Waals surface area contributed by atoms with Crippen LogP contribution in [0.4, 0.5) is 5.69 Å². The Morgan fingerprint density at radius 2 is 1.74 bits per heavy atom. The van der Waals surface area contributed by atoms with Gasteiger partial charge in [-0.2, -0.15) is 0 Å². The number of hydrogen-bond acceptors (Lipinski definition) is 5. The number of benzene rings is 1. The zero-order chi connectivity index (χ0) is 16.2. The molecule has 0 unspecified atom stereocenters. The van der Waals surface area contributed by atoms with Crippen molar-refractivity contribution in [3.05, 3.63) is 65.4 Å². The van der Waals surface area contributed by atoms with Gasteiger partial charge in [-0.1, -0.05) is 0 Å². The van der Waals surface area contributed by atoms with Gasteiger partial charge >= 0.3 is 5.97 Å². The highest BCUT2D eigenvalue weighted by molar-refractivity contribution is 7.13. The number of carbonyl (C=O) groups is 2. The van der Waals surface area contributed by atoms with Gasteiger partial charge in [-0.3, -0.25) is 9.78 Å². The topological polar surface area (TPSA) is 92.2 Å². The minimum Gasteiger partial charge on any atom is -0.476 e. The SMILES string of the molecule is O=C(Nc1ccc(-c2nc(C(=O)O)cs2)cc1)c1ccncc1. The van der Waals surface area contributed by atoms with E-state index in [-0.39, 0.29) is 11.6 Å². The van der Waals surface area contributed by atoms with Crippen molar-refractivity contribution in [2.45, 2.75) is 0 Å². The van der Waals surface area contributed by atoms with Gasteiger partial charge in [-0.25, -0.2) is 9.78 Å². The molecule has 0 aliphatic heterocycles. The van der Waals surface area contributed by atoms with Gasteiger partial charge in [0.1, 0.15) is 5.01 Å². The molecule has 0 radical (unpaired) electrons. The molecular formula is C16H11N3O3S. The molecule has 0 aliphatic rings. The molecule has 0 saturated carbocycles. The van der Waals surface area contributed by atoms with Crippen LogP contribution in [-0.2, 0) is 0 Å². The van der Waals surface area contributed by atoms with E-state index < -0.39 is 5.97 Å². The van der Waals surface area contributed by atoms with Crippen molar-refractivity contribution in [3.63, 3.8) is 0 Å². The zero-order valence-corrected chi connectivity index (χ0v) is 12.6. The highest BCUT2D eigenvalue weighted by Gasteiger charge is 2.10. The lowest BCUT2D eigenvalue weighted by atomic mass is 10.2. The molecule has 2 N–H and O–H groups in total. The predicted molar refractivity (Wildman–Crippen MR) is 86.7 cm³/mol. The standard InChI is InChI=1S/C16H11N3O3S/c20-14(10-5-7-17-8-6-10)18-12-3-1-11(2-4-12)15-19-13(9-23-15)16(21)22/h1-9H,(H,18,20)(H,21,22). The molecule has 7 heteroatoms. The summed E-state index contributed by atoms with van der Waals surface area (Å²) in [6.07, 6.45) is 3.11. The van der Waals surface area contributed by atoms with Crippen molar-refractivity contribution in [3.8, 4) is 10.6 Å². The summed E-state index contributed by atoms with van der Waals surface area (Å²) in [5, 5.41) is 13.8. The Hall–Kier alpha value is -3.06. The molecule has 1 aromatic carbocycles. The van der Waals surface area contributed by atoms with Gasteiger partial charge in [0.05, 0.1) is 0 Å². The molecule has 0 atom stereocenters. The summed E-state index contributed by atoms with van der Waals surface area (Å²) in [5.41, 5.74) is 1.99. The average Bonchev–Trinajstić information content (AvgIpc) is 3.07. The first-order valence-corrected chi connectivity index (χ1v) is 7.52. The first-order chi connectivity index (χ1) is 11.1. The molecule has 1 amide bonds. The molecule has 0 spiro atoms. The summed E-state index contributed by atoms with van der Waals surface area (Å²) < 4.78 is 0. The maximum atomic E-state index is 12.0. The van der Waals surface area contributed by atoms with E-state index >= 15 is 0 Å². The van der Waals surface area contributed by atoms with E-state index in [9.17, 15) is 9.59 Å². The Bertz CT molecular complexity index is 845. The Labute approximate surface area is 135 Å². The molecule has 0 bridgehead atoms. The Balaban J connectivity index is 1.74. The van der Waals surface area contributed by atoms with E-state index in [4.69, 9.17) is 5.11 Å². The van der Waals surface area contributed by atoms with Crippen LogP contribution < -0.4 is 5.32 Å². The number of amides is 1. The Morgan fingerprint density at radius 1 is 1.04 bits per heavy atom. The lowest BCUT2D eigenvalue weighted by Crippen LogP contribution is -2.11.